The molecule has 1 heterocycles. The lowest BCUT2D eigenvalue weighted by Crippen LogP contribution is -2.21. The second-order valence-corrected chi connectivity index (χ2v) is 7.54. The van der Waals surface area contributed by atoms with Gasteiger partial charge in [-0.3, -0.25) is 9.59 Å². The Hall–Kier alpha value is -2.09. The number of alkyl halides is 3. The largest absolute Gasteiger partial charge is 0.416 e. The van der Waals surface area contributed by atoms with E-state index in [0.717, 1.165) is 49.1 Å². The van der Waals surface area contributed by atoms with Gasteiger partial charge in [0.05, 0.1) is 11.3 Å². The summed E-state index contributed by atoms with van der Waals surface area (Å²) in [7, 11) is 0. The summed E-state index contributed by atoms with van der Waals surface area (Å²) in [5.41, 5.74) is 0.772. The van der Waals surface area contributed by atoms with E-state index in [2.05, 4.69) is 9.97 Å². The van der Waals surface area contributed by atoms with E-state index in [1.54, 1.807) is 0 Å². The Bertz CT molecular complexity index is 893. The zero-order valence-corrected chi connectivity index (χ0v) is 15.4. The van der Waals surface area contributed by atoms with Crippen LogP contribution in [-0.2, 0) is 19.0 Å². The number of fused-ring (bicyclic) bond motifs is 1. The Morgan fingerprint density at radius 3 is 2.78 bits per heavy atom. The first kappa shape index (κ1) is 19.7. The molecule has 0 spiro atoms. The van der Waals surface area contributed by atoms with Gasteiger partial charge in [-0.05, 0) is 44.2 Å². The van der Waals surface area contributed by atoms with Crippen LogP contribution in [-0.4, -0.2) is 21.5 Å². The van der Waals surface area contributed by atoms with Gasteiger partial charge in [-0.1, -0.05) is 23.9 Å². The second-order valence-electron chi connectivity index (χ2n) is 6.46. The highest BCUT2D eigenvalue weighted by Crippen LogP contribution is 2.30. The van der Waals surface area contributed by atoms with Crippen molar-refractivity contribution in [3.8, 4) is 0 Å². The minimum absolute atomic E-state index is 0.0649. The van der Waals surface area contributed by atoms with Crippen molar-refractivity contribution in [1.82, 2.24) is 9.97 Å². The van der Waals surface area contributed by atoms with Gasteiger partial charge in [-0.25, -0.2) is 4.98 Å². The fourth-order valence-corrected chi connectivity index (χ4v) is 3.89. The molecule has 1 N–H and O–H groups in total. The molecule has 3 rings (SSSR count). The van der Waals surface area contributed by atoms with Crippen molar-refractivity contribution in [1.29, 1.82) is 0 Å². The lowest BCUT2D eigenvalue weighted by molar-refractivity contribution is -0.137. The monoisotopic (exact) mass is 396 g/mol. The molecular weight excluding hydrogens is 377 g/mol. The standard InChI is InChI=1S/C19H19F3N2O2S/c20-19(21,22)13-6-3-5-12(11-13)16(25)9-4-10-27-18-23-15-8-2-1-7-14(15)17(26)24-18/h3,5-6,11H,1-2,4,7-10H2,(H,23,24,26). The van der Waals surface area contributed by atoms with Crippen molar-refractivity contribution in [3.05, 3.63) is 57.0 Å². The summed E-state index contributed by atoms with van der Waals surface area (Å²) in [6.07, 6.45) is -0.240. The first-order valence-electron chi connectivity index (χ1n) is 8.80. The number of thioether (sulfide) groups is 1. The Kier molecular flexibility index (Phi) is 6.04. The van der Waals surface area contributed by atoms with Gasteiger partial charge in [-0.2, -0.15) is 13.2 Å². The number of aryl methyl sites for hydroxylation is 1. The summed E-state index contributed by atoms with van der Waals surface area (Å²) in [5.74, 6) is 0.223. The van der Waals surface area contributed by atoms with Crippen LogP contribution in [0.3, 0.4) is 0 Å². The van der Waals surface area contributed by atoms with Crippen LogP contribution >= 0.6 is 11.8 Å². The van der Waals surface area contributed by atoms with Gasteiger partial charge in [0.15, 0.2) is 10.9 Å². The van der Waals surface area contributed by atoms with Crippen LogP contribution in [0.2, 0.25) is 0 Å². The zero-order chi connectivity index (χ0) is 19.4. The molecule has 8 heteroatoms. The molecule has 144 valence electrons. The molecule has 1 aliphatic carbocycles. The average Bonchev–Trinajstić information content (AvgIpc) is 2.64. The van der Waals surface area contributed by atoms with Gasteiger partial charge in [0, 0.05) is 23.3 Å². The van der Waals surface area contributed by atoms with Crippen LogP contribution in [0, 0.1) is 0 Å². The molecule has 27 heavy (non-hydrogen) atoms. The predicted molar refractivity (Wildman–Crippen MR) is 97.2 cm³/mol. The van der Waals surface area contributed by atoms with Crippen LogP contribution in [0.5, 0.6) is 0 Å². The van der Waals surface area contributed by atoms with E-state index in [0.29, 0.717) is 17.3 Å². The first-order chi connectivity index (χ1) is 12.8. The minimum Gasteiger partial charge on any atom is -0.301 e. The molecule has 0 atom stereocenters. The Balaban J connectivity index is 1.54. The predicted octanol–water partition coefficient (Wildman–Crippen LogP) is 4.42. The van der Waals surface area contributed by atoms with Crippen LogP contribution in [0.4, 0.5) is 13.2 Å². The number of nitrogens with zero attached hydrogens (tertiary/aromatic N) is 1. The molecular formula is C19H19F3N2O2S. The van der Waals surface area contributed by atoms with Gasteiger partial charge in [-0.15, -0.1) is 0 Å². The maximum Gasteiger partial charge on any atom is 0.416 e. The molecule has 0 saturated heterocycles. The van der Waals surface area contributed by atoms with E-state index in [4.69, 9.17) is 0 Å². The molecule has 0 bridgehead atoms. The molecule has 0 aliphatic heterocycles. The number of hydrogen-bond acceptors (Lipinski definition) is 4. The quantitative estimate of drug-likeness (QED) is 0.340. The molecule has 0 amide bonds. The van der Waals surface area contributed by atoms with E-state index in [1.165, 1.54) is 23.9 Å². The van der Waals surface area contributed by atoms with Crippen molar-refractivity contribution in [2.75, 3.05) is 5.75 Å². The Morgan fingerprint density at radius 1 is 1.22 bits per heavy atom. The number of benzene rings is 1. The van der Waals surface area contributed by atoms with Gasteiger partial charge in [0.25, 0.3) is 5.56 Å². The van der Waals surface area contributed by atoms with E-state index < -0.39 is 11.7 Å². The third-order valence-corrected chi connectivity index (χ3v) is 5.43. The highest BCUT2D eigenvalue weighted by Gasteiger charge is 2.30. The van der Waals surface area contributed by atoms with E-state index in [1.807, 2.05) is 0 Å². The van der Waals surface area contributed by atoms with Gasteiger partial charge in [0.1, 0.15) is 0 Å². The Morgan fingerprint density at radius 2 is 2.00 bits per heavy atom. The van der Waals surface area contributed by atoms with E-state index in [-0.39, 0.29) is 23.3 Å². The fraction of sp³-hybridized carbons (Fsp3) is 0.421. The maximum absolute atomic E-state index is 12.7. The maximum atomic E-state index is 12.7. The third kappa shape index (κ3) is 5.00. The number of Topliss-reactive ketones (excluding diaryl/α,β-unsaturated/α-hetero) is 1. The smallest absolute Gasteiger partial charge is 0.301 e. The van der Waals surface area contributed by atoms with Crippen molar-refractivity contribution in [3.63, 3.8) is 0 Å². The van der Waals surface area contributed by atoms with Gasteiger partial charge >= 0.3 is 6.18 Å². The van der Waals surface area contributed by atoms with Crippen molar-refractivity contribution < 1.29 is 18.0 Å². The number of rotatable bonds is 6. The Labute approximate surface area is 158 Å². The summed E-state index contributed by atoms with van der Waals surface area (Å²) in [6.45, 7) is 0. The molecule has 0 saturated carbocycles. The van der Waals surface area contributed by atoms with Crippen LogP contribution in [0.15, 0.2) is 34.2 Å². The highest BCUT2D eigenvalue weighted by atomic mass is 32.2. The third-order valence-electron chi connectivity index (χ3n) is 4.47. The number of H-pyrrole nitrogens is 1. The van der Waals surface area contributed by atoms with Crippen molar-refractivity contribution in [2.24, 2.45) is 0 Å². The number of carbonyl (C=O) groups is 1. The number of carbonyl (C=O) groups excluding carboxylic acids is 1. The lowest BCUT2D eigenvalue weighted by Gasteiger charge is -2.14. The zero-order valence-electron chi connectivity index (χ0n) is 14.6. The number of nitrogens with one attached hydrogen (secondary N) is 1. The highest BCUT2D eigenvalue weighted by molar-refractivity contribution is 7.99. The van der Waals surface area contributed by atoms with Crippen molar-refractivity contribution in [2.45, 2.75) is 49.9 Å². The molecule has 1 aromatic heterocycles. The fourth-order valence-electron chi connectivity index (χ4n) is 3.06. The molecule has 0 unspecified atom stereocenters. The molecule has 0 fully saturated rings. The van der Waals surface area contributed by atoms with Crippen LogP contribution in [0.1, 0.15) is 52.9 Å². The van der Waals surface area contributed by atoms with E-state index >= 15 is 0 Å². The molecule has 2 aromatic rings. The summed E-state index contributed by atoms with van der Waals surface area (Å²) >= 11 is 1.35. The summed E-state index contributed by atoms with van der Waals surface area (Å²) in [6, 6.07) is 4.47. The summed E-state index contributed by atoms with van der Waals surface area (Å²) < 4.78 is 38.2. The minimum atomic E-state index is -4.46. The SMILES string of the molecule is O=C(CCCSc1nc2c(c(=O)[nH]1)CCCC2)c1cccc(C(F)(F)F)c1. The van der Waals surface area contributed by atoms with Crippen LogP contribution in [0.25, 0.3) is 0 Å². The molecule has 1 aromatic carbocycles. The van der Waals surface area contributed by atoms with Gasteiger partial charge in [0.2, 0.25) is 0 Å². The normalized spacial score (nSPS) is 14.0. The van der Waals surface area contributed by atoms with Crippen molar-refractivity contribution >= 4 is 17.5 Å². The summed E-state index contributed by atoms with van der Waals surface area (Å²) in [5, 5.41) is 0.534. The van der Waals surface area contributed by atoms with Crippen LogP contribution < -0.4 is 5.56 Å². The molecule has 1 aliphatic rings. The topological polar surface area (TPSA) is 62.8 Å². The number of aromatic nitrogens is 2. The first-order valence-corrected chi connectivity index (χ1v) is 9.78. The number of ketones is 1. The average molecular weight is 396 g/mol. The lowest BCUT2D eigenvalue weighted by atomic mass is 9.97. The van der Waals surface area contributed by atoms with E-state index in [9.17, 15) is 22.8 Å². The number of hydrogen-bond donors (Lipinski definition) is 1. The summed E-state index contributed by atoms with van der Waals surface area (Å²) in [4.78, 5) is 31.5. The molecule has 0 radical (unpaired) electrons. The number of aromatic amines is 1. The molecule has 4 nitrogen and oxygen atoms in total. The number of halogens is 3. The van der Waals surface area contributed by atoms with Gasteiger partial charge < -0.3 is 4.98 Å². The second kappa shape index (κ2) is 8.29.